The molecule has 0 bridgehead atoms. The number of aliphatic hydroxyl groups excluding tert-OH is 1. The van der Waals surface area contributed by atoms with Gasteiger partial charge in [-0.25, -0.2) is 13.2 Å². The van der Waals surface area contributed by atoms with E-state index in [1.807, 2.05) is 0 Å². The first-order valence-corrected chi connectivity index (χ1v) is 8.80. The molecule has 22 heavy (non-hydrogen) atoms. The molecule has 0 saturated carbocycles. The van der Waals surface area contributed by atoms with Crippen molar-refractivity contribution in [3.05, 3.63) is 27.1 Å². The van der Waals surface area contributed by atoms with Gasteiger partial charge in [0, 0.05) is 32.2 Å². The number of hydrogen-bond acceptors (Lipinski definition) is 4. The maximum absolute atomic E-state index is 12.6. The molecular formula is C13H18BrN3O4S. The summed E-state index contributed by atoms with van der Waals surface area (Å²) in [6.45, 7) is 1.51. The Labute approximate surface area is 136 Å². The fraction of sp³-hybridized carbons (Fsp3) is 0.462. The highest BCUT2D eigenvalue weighted by Gasteiger charge is 2.26. The van der Waals surface area contributed by atoms with Crippen molar-refractivity contribution in [2.24, 2.45) is 14.1 Å². The van der Waals surface area contributed by atoms with E-state index < -0.39 is 16.1 Å². The lowest BCUT2D eigenvalue weighted by molar-refractivity contribution is 0.171. The fourth-order valence-electron chi connectivity index (χ4n) is 2.34. The Morgan fingerprint density at radius 2 is 1.77 bits per heavy atom. The fourth-order valence-corrected chi connectivity index (χ4v) is 4.59. The van der Waals surface area contributed by atoms with Gasteiger partial charge >= 0.3 is 5.69 Å². The topological polar surface area (TPSA) is 84.5 Å². The van der Waals surface area contributed by atoms with Crippen molar-refractivity contribution in [1.29, 1.82) is 0 Å². The number of fused-ring (bicyclic) bond motifs is 1. The molecule has 0 amide bonds. The Morgan fingerprint density at radius 1 is 1.27 bits per heavy atom. The van der Waals surface area contributed by atoms with Gasteiger partial charge in [-0.1, -0.05) is 0 Å². The summed E-state index contributed by atoms with van der Waals surface area (Å²) in [7, 11) is 0.852. The van der Waals surface area contributed by atoms with Gasteiger partial charge in [-0.3, -0.25) is 9.13 Å². The zero-order chi connectivity index (χ0) is 16.8. The van der Waals surface area contributed by atoms with Crippen LogP contribution in [0.5, 0.6) is 0 Å². The van der Waals surface area contributed by atoms with E-state index in [-0.39, 0.29) is 17.1 Å². The molecule has 0 saturated heterocycles. The summed E-state index contributed by atoms with van der Waals surface area (Å²) in [5.41, 5.74) is 0.935. The third-order valence-corrected chi connectivity index (χ3v) is 6.32. The lowest BCUT2D eigenvalue weighted by Gasteiger charge is -2.19. The van der Waals surface area contributed by atoms with E-state index in [1.54, 1.807) is 20.2 Å². The lowest BCUT2D eigenvalue weighted by atomic mass is 10.3. The average Bonchev–Trinajstić information content (AvgIpc) is 2.62. The van der Waals surface area contributed by atoms with E-state index in [0.717, 1.165) is 4.31 Å². The average molecular weight is 392 g/mol. The number of benzene rings is 1. The third kappa shape index (κ3) is 2.73. The predicted octanol–water partition coefficient (Wildman–Crippen LogP) is 0.641. The Bertz CT molecular complexity index is 883. The second-order valence-electron chi connectivity index (χ2n) is 5.31. The number of sulfonamides is 1. The van der Waals surface area contributed by atoms with E-state index in [4.69, 9.17) is 0 Å². The van der Waals surface area contributed by atoms with Crippen molar-refractivity contribution in [2.75, 3.05) is 13.6 Å². The Morgan fingerprint density at radius 3 is 2.27 bits per heavy atom. The van der Waals surface area contributed by atoms with Crippen LogP contribution in [0.25, 0.3) is 11.0 Å². The van der Waals surface area contributed by atoms with Crippen LogP contribution in [0.15, 0.2) is 26.3 Å². The van der Waals surface area contributed by atoms with Gasteiger partial charge < -0.3 is 5.11 Å². The van der Waals surface area contributed by atoms with Gasteiger partial charge in [-0.2, -0.15) is 4.31 Å². The van der Waals surface area contributed by atoms with Gasteiger partial charge in [0.2, 0.25) is 10.0 Å². The molecule has 1 unspecified atom stereocenters. The van der Waals surface area contributed by atoms with Crippen LogP contribution in [-0.4, -0.2) is 46.7 Å². The number of nitrogens with zero attached hydrogens (tertiary/aromatic N) is 3. The van der Waals surface area contributed by atoms with Crippen LogP contribution >= 0.6 is 15.9 Å². The number of aryl methyl sites for hydroxylation is 2. The molecule has 0 fully saturated rings. The van der Waals surface area contributed by atoms with Gasteiger partial charge in [-0.15, -0.1) is 0 Å². The molecule has 7 nitrogen and oxygen atoms in total. The van der Waals surface area contributed by atoms with Crippen LogP contribution in [0, 0.1) is 0 Å². The van der Waals surface area contributed by atoms with E-state index in [2.05, 4.69) is 15.9 Å². The van der Waals surface area contributed by atoms with Crippen molar-refractivity contribution in [3.63, 3.8) is 0 Å². The summed E-state index contributed by atoms with van der Waals surface area (Å²) in [6, 6.07) is 3.08. The van der Waals surface area contributed by atoms with Crippen molar-refractivity contribution in [2.45, 2.75) is 17.9 Å². The smallest absolute Gasteiger partial charge is 0.328 e. The zero-order valence-corrected chi connectivity index (χ0v) is 15.1. The van der Waals surface area contributed by atoms with Gasteiger partial charge in [0.25, 0.3) is 0 Å². The summed E-state index contributed by atoms with van der Waals surface area (Å²) in [6.07, 6.45) is -0.775. The van der Waals surface area contributed by atoms with Crippen LogP contribution in [0.3, 0.4) is 0 Å². The van der Waals surface area contributed by atoms with Crippen LogP contribution in [-0.2, 0) is 24.1 Å². The normalized spacial score (nSPS) is 14.0. The minimum atomic E-state index is -3.77. The first kappa shape index (κ1) is 17.2. The Kier molecular flexibility index (Phi) is 4.54. The van der Waals surface area contributed by atoms with Crippen molar-refractivity contribution < 1.29 is 13.5 Å². The van der Waals surface area contributed by atoms with Crippen LogP contribution < -0.4 is 5.69 Å². The van der Waals surface area contributed by atoms with Crippen molar-refractivity contribution in [3.8, 4) is 0 Å². The van der Waals surface area contributed by atoms with Crippen molar-refractivity contribution in [1.82, 2.24) is 13.4 Å². The molecule has 2 aromatic rings. The van der Waals surface area contributed by atoms with E-state index in [1.165, 1.54) is 29.2 Å². The van der Waals surface area contributed by atoms with Crippen molar-refractivity contribution >= 4 is 37.0 Å². The monoisotopic (exact) mass is 391 g/mol. The summed E-state index contributed by atoms with van der Waals surface area (Å²) in [4.78, 5) is 12.0. The molecule has 1 atom stereocenters. The maximum Gasteiger partial charge on any atom is 0.328 e. The van der Waals surface area contributed by atoms with E-state index >= 15 is 0 Å². The summed E-state index contributed by atoms with van der Waals surface area (Å²) in [5.74, 6) is 0. The quantitative estimate of drug-likeness (QED) is 0.828. The number of rotatable bonds is 4. The maximum atomic E-state index is 12.6. The number of aromatic nitrogens is 2. The first-order chi connectivity index (χ1) is 10.1. The molecule has 122 valence electrons. The highest BCUT2D eigenvalue weighted by molar-refractivity contribution is 9.10. The number of hydrogen-bond donors (Lipinski definition) is 1. The predicted molar refractivity (Wildman–Crippen MR) is 87.4 cm³/mol. The molecule has 1 aromatic heterocycles. The number of likely N-dealkylation sites (N-methyl/N-ethyl adjacent to an activating group) is 1. The van der Waals surface area contributed by atoms with Gasteiger partial charge in [0.1, 0.15) is 0 Å². The van der Waals surface area contributed by atoms with Gasteiger partial charge in [-0.05, 0) is 35.0 Å². The van der Waals surface area contributed by atoms with Crippen LogP contribution in [0.1, 0.15) is 6.92 Å². The Hall–Kier alpha value is -1.16. The molecule has 0 aliphatic carbocycles. The molecular weight excluding hydrogens is 374 g/mol. The van der Waals surface area contributed by atoms with Crippen LogP contribution in [0.4, 0.5) is 0 Å². The number of aliphatic hydroxyl groups is 1. The molecule has 0 spiro atoms. The molecule has 1 aromatic carbocycles. The highest BCUT2D eigenvalue weighted by atomic mass is 79.9. The highest BCUT2D eigenvalue weighted by Crippen LogP contribution is 2.29. The Balaban J connectivity index is 2.69. The second-order valence-corrected chi connectivity index (χ2v) is 8.17. The summed E-state index contributed by atoms with van der Waals surface area (Å²) >= 11 is 3.26. The zero-order valence-electron chi connectivity index (χ0n) is 12.7. The summed E-state index contributed by atoms with van der Waals surface area (Å²) in [5, 5.41) is 9.39. The molecule has 1 N–H and O–H groups in total. The van der Waals surface area contributed by atoms with E-state index in [0.29, 0.717) is 15.5 Å². The molecule has 0 aliphatic heterocycles. The van der Waals surface area contributed by atoms with Crippen LogP contribution in [0.2, 0.25) is 0 Å². The largest absolute Gasteiger partial charge is 0.392 e. The third-order valence-electron chi connectivity index (χ3n) is 3.54. The SMILES string of the molecule is CC(O)CN(C)S(=O)(=O)c1cc2c(cc1Br)n(C)c(=O)n2C. The number of imidazole rings is 1. The molecule has 0 radical (unpaired) electrons. The molecule has 1 heterocycles. The molecule has 0 aliphatic rings. The molecule has 9 heteroatoms. The molecule has 2 rings (SSSR count). The summed E-state index contributed by atoms with van der Waals surface area (Å²) < 4.78 is 29.6. The second kappa shape index (κ2) is 5.80. The minimum absolute atomic E-state index is 0.0134. The minimum Gasteiger partial charge on any atom is -0.392 e. The standard InChI is InChI=1S/C13H18BrN3O4S/c1-8(18)7-15(2)22(20,21)12-6-11-10(5-9(12)14)16(3)13(19)17(11)4/h5-6,8,18H,7H2,1-4H3. The first-order valence-electron chi connectivity index (χ1n) is 6.56. The number of halogens is 1. The van der Waals surface area contributed by atoms with E-state index in [9.17, 15) is 18.3 Å². The lowest BCUT2D eigenvalue weighted by Crippen LogP contribution is -2.33. The van der Waals surface area contributed by atoms with Gasteiger partial charge in [0.15, 0.2) is 0 Å². The van der Waals surface area contributed by atoms with Gasteiger partial charge in [0.05, 0.1) is 22.0 Å².